The van der Waals surface area contributed by atoms with E-state index in [2.05, 4.69) is 37.0 Å². The highest BCUT2D eigenvalue weighted by Gasteiger charge is 2.08. The second-order valence-corrected chi connectivity index (χ2v) is 6.65. The summed E-state index contributed by atoms with van der Waals surface area (Å²) in [5, 5.41) is 3.78. The summed E-state index contributed by atoms with van der Waals surface area (Å²) in [7, 11) is 0. The summed E-state index contributed by atoms with van der Waals surface area (Å²) in [4.78, 5) is 23.7. The van der Waals surface area contributed by atoms with E-state index in [0.717, 1.165) is 29.6 Å². The van der Waals surface area contributed by atoms with Crippen LogP contribution in [0.5, 0.6) is 0 Å². The quantitative estimate of drug-likeness (QED) is 0.609. The van der Waals surface area contributed by atoms with Gasteiger partial charge in [0.1, 0.15) is 5.82 Å². The van der Waals surface area contributed by atoms with Crippen LogP contribution in [0.3, 0.4) is 0 Å². The maximum atomic E-state index is 12.0. The number of rotatable bonds is 8. The molecular weight excluding hydrogens is 334 g/mol. The first-order chi connectivity index (χ1) is 12.2. The highest BCUT2D eigenvalue weighted by Crippen LogP contribution is 2.17. The van der Waals surface area contributed by atoms with Crippen LogP contribution in [0.1, 0.15) is 17.1 Å². The molecule has 1 aromatic carbocycles. The number of hydrogen-bond donors (Lipinski definition) is 2. The first kappa shape index (κ1) is 17.3. The fourth-order valence-corrected chi connectivity index (χ4v) is 3.24. The largest absolute Gasteiger partial charge is 0.355 e. The molecule has 2 heterocycles. The second kappa shape index (κ2) is 8.53. The number of nitrogens with one attached hydrogen (secondary N) is 2. The molecule has 6 nitrogen and oxygen atoms in total. The van der Waals surface area contributed by atoms with Crippen molar-refractivity contribution in [1.29, 1.82) is 0 Å². The van der Waals surface area contributed by atoms with Gasteiger partial charge in [0.05, 0.1) is 5.75 Å². The fraction of sp³-hybridized carbons (Fsp3) is 0.278. The molecule has 25 heavy (non-hydrogen) atoms. The van der Waals surface area contributed by atoms with Crippen molar-refractivity contribution in [3.8, 4) is 0 Å². The fourth-order valence-electron chi connectivity index (χ4n) is 2.45. The Morgan fingerprint density at radius 1 is 1.28 bits per heavy atom. The molecule has 0 radical (unpaired) electrons. The van der Waals surface area contributed by atoms with Gasteiger partial charge in [0, 0.05) is 43.8 Å². The number of thioether (sulfide) groups is 1. The van der Waals surface area contributed by atoms with Gasteiger partial charge in [0.25, 0.3) is 0 Å². The standard InChI is InChI=1S/C18H21N5OS/c1-14-21-11-16(22-14)7-8-19-17(24)13-25-18-20-9-10-23(18)12-15-5-3-2-4-6-15/h2-6,9-11H,7-8,12-13H2,1H3,(H,19,24)(H,21,22). The predicted octanol–water partition coefficient (Wildman–Crippen LogP) is 2.41. The Kier molecular flexibility index (Phi) is 5.90. The first-order valence-corrected chi connectivity index (χ1v) is 9.14. The number of nitrogens with zero attached hydrogens (tertiary/aromatic N) is 3. The molecule has 0 spiro atoms. The third-order valence-corrected chi connectivity index (χ3v) is 4.68. The summed E-state index contributed by atoms with van der Waals surface area (Å²) in [6.07, 6.45) is 6.26. The Morgan fingerprint density at radius 2 is 2.12 bits per heavy atom. The molecule has 7 heteroatoms. The van der Waals surface area contributed by atoms with Gasteiger partial charge in [-0.25, -0.2) is 9.97 Å². The first-order valence-electron chi connectivity index (χ1n) is 8.16. The van der Waals surface area contributed by atoms with Gasteiger partial charge in [-0.1, -0.05) is 42.1 Å². The van der Waals surface area contributed by atoms with E-state index < -0.39 is 0 Å². The smallest absolute Gasteiger partial charge is 0.230 e. The summed E-state index contributed by atoms with van der Waals surface area (Å²) in [6, 6.07) is 10.2. The van der Waals surface area contributed by atoms with E-state index in [1.54, 1.807) is 12.4 Å². The third kappa shape index (κ3) is 5.22. The van der Waals surface area contributed by atoms with Crippen molar-refractivity contribution in [2.45, 2.75) is 25.0 Å². The number of H-pyrrole nitrogens is 1. The second-order valence-electron chi connectivity index (χ2n) is 5.71. The van der Waals surface area contributed by atoms with Gasteiger partial charge in [0.2, 0.25) is 5.91 Å². The molecule has 0 aliphatic rings. The highest BCUT2D eigenvalue weighted by molar-refractivity contribution is 7.99. The topological polar surface area (TPSA) is 75.6 Å². The zero-order valence-electron chi connectivity index (χ0n) is 14.1. The highest BCUT2D eigenvalue weighted by atomic mass is 32.2. The third-order valence-electron chi connectivity index (χ3n) is 3.68. The zero-order chi connectivity index (χ0) is 17.5. The number of carbonyl (C=O) groups excluding carboxylic acids is 1. The Labute approximate surface area is 151 Å². The van der Waals surface area contributed by atoms with Crippen LogP contribution in [0, 0.1) is 6.92 Å². The number of benzene rings is 1. The molecule has 0 aliphatic carbocycles. The Bertz CT molecular complexity index is 812. The van der Waals surface area contributed by atoms with Crippen molar-refractivity contribution in [2.75, 3.05) is 12.3 Å². The lowest BCUT2D eigenvalue weighted by molar-refractivity contribution is -0.118. The lowest BCUT2D eigenvalue weighted by atomic mass is 10.2. The maximum Gasteiger partial charge on any atom is 0.230 e. The average molecular weight is 355 g/mol. The van der Waals surface area contributed by atoms with E-state index in [4.69, 9.17) is 0 Å². The molecule has 3 aromatic rings. The Balaban J connectivity index is 1.44. The van der Waals surface area contributed by atoms with E-state index in [9.17, 15) is 4.79 Å². The van der Waals surface area contributed by atoms with Crippen LogP contribution in [0.4, 0.5) is 0 Å². The molecule has 0 saturated heterocycles. The van der Waals surface area contributed by atoms with E-state index in [1.807, 2.05) is 31.3 Å². The molecule has 0 atom stereocenters. The van der Waals surface area contributed by atoms with E-state index >= 15 is 0 Å². The minimum Gasteiger partial charge on any atom is -0.355 e. The Morgan fingerprint density at radius 3 is 2.88 bits per heavy atom. The molecule has 130 valence electrons. The van der Waals surface area contributed by atoms with Crippen LogP contribution >= 0.6 is 11.8 Å². The van der Waals surface area contributed by atoms with Gasteiger partial charge in [-0.3, -0.25) is 4.79 Å². The van der Waals surface area contributed by atoms with Crippen LogP contribution < -0.4 is 5.32 Å². The Hall–Kier alpha value is -2.54. The van der Waals surface area contributed by atoms with Gasteiger partial charge < -0.3 is 14.9 Å². The lowest BCUT2D eigenvalue weighted by Crippen LogP contribution is -2.27. The van der Waals surface area contributed by atoms with Gasteiger partial charge >= 0.3 is 0 Å². The average Bonchev–Trinajstić information content (AvgIpc) is 3.23. The molecule has 2 aromatic heterocycles. The number of imidazole rings is 2. The van der Waals surface area contributed by atoms with E-state index in [-0.39, 0.29) is 5.91 Å². The number of amides is 1. The lowest BCUT2D eigenvalue weighted by Gasteiger charge is -2.08. The molecule has 3 rings (SSSR count). The van der Waals surface area contributed by atoms with Gasteiger partial charge in [-0.05, 0) is 12.5 Å². The summed E-state index contributed by atoms with van der Waals surface area (Å²) < 4.78 is 2.06. The van der Waals surface area contributed by atoms with E-state index in [1.165, 1.54) is 17.3 Å². The monoisotopic (exact) mass is 355 g/mol. The zero-order valence-corrected chi connectivity index (χ0v) is 14.9. The number of aromatic nitrogens is 4. The molecule has 0 fully saturated rings. The summed E-state index contributed by atoms with van der Waals surface area (Å²) in [5.41, 5.74) is 2.24. The van der Waals surface area contributed by atoms with Crippen LogP contribution in [0.25, 0.3) is 0 Å². The summed E-state index contributed by atoms with van der Waals surface area (Å²) in [6.45, 7) is 3.26. The number of aromatic amines is 1. The maximum absolute atomic E-state index is 12.0. The molecular formula is C18H21N5OS. The number of aryl methyl sites for hydroxylation is 1. The van der Waals surface area contributed by atoms with Gasteiger partial charge in [0.15, 0.2) is 5.16 Å². The van der Waals surface area contributed by atoms with Crippen molar-refractivity contribution in [3.05, 3.63) is 66.0 Å². The minimum absolute atomic E-state index is 0.00972. The van der Waals surface area contributed by atoms with Crippen molar-refractivity contribution in [2.24, 2.45) is 0 Å². The normalized spacial score (nSPS) is 10.8. The summed E-state index contributed by atoms with van der Waals surface area (Å²) >= 11 is 1.45. The number of carbonyl (C=O) groups is 1. The predicted molar refractivity (Wildman–Crippen MR) is 98.5 cm³/mol. The molecule has 0 bridgehead atoms. The molecule has 0 aliphatic heterocycles. The molecule has 0 unspecified atom stereocenters. The van der Waals surface area contributed by atoms with Crippen molar-refractivity contribution < 1.29 is 4.79 Å². The molecule has 0 saturated carbocycles. The van der Waals surface area contributed by atoms with Gasteiger partial charge in [-0.2, -0.15) is 0 Å². The molecule has 2 N–H and O–H groups in total. The SMILES string of the molecule is Cc1ncc(CCNC(=O)CSc2nccn2Cc2ccccc2)[nH]1. The van der Waals surface area contributed by atoms with Gasteiger partial charge in [-0.15, -0.1) is 0 Å². The molecule has 1 amide bonds. The van der Waals surface area contributed by atoms with Crippen molar-refractivity contribution in [3.63, 3.8) is 0 Å². The number of hydrogen-bond acceptors (Lipinski definition) is 4. The van der Waals surface area contributed by atoms with Crippen LogP contribution in [-0.4, -0.2) is 37.7 Å². The minimum atomic E-state index is 0.00972. The van der Waals surface area contributed by atoms with Crippen LogP contribution in [0.15, 0.2) is 54.1 Å². The van der Waals surface area contributed by atoms with E-state index in [0.29, 0.717) is 12.3 Å². The van der Waals surface area contributed by atoms with Crippen LogP contribution in [-0.2, 0) is 17.8 Å². The summed E-state index contributed by atoms with van der Waals surface area (Å²) in [5.74, 6) is 1.26. The van der Waals surface area contributed by atoms with Crippen molar-refractivity contribution >= 4 is 17.7 Å². The van der Waals surface area contributed by atoms with Crippen molar-refractivity contribution in [1.82, 2.24) is 24.8 Å². The van der Waals surface area contributed by atoms with Crippen LogP contribution in [0.2, 0.25) is 0 Å².